The van der Waals surface area contributed by atoms with Crippen molar-refractivity contribution in [1.82, 2.24) is 10.2 Å². The van der Waals surface area contributed by atoms with Gasteiger partial charge < -0.3 is 5.32 Å². The van der Waals surface area contributed by atoms with Crippen molar-refractivity contribution in [2.45, 2.75) is 6.04 Å². The summed E-state index contributed by atoms with van der Waals surface area (Å²) in [6.45, 7) is 3.27. The highest BCUT2D eigenvalue weighted by atomic mass is 35.5. The predicted molar refractivity (Wildman–Crippen MR) is 71.9 cm³/mol. The number of hydrogen-bond donors (Lipinski definition) is 1. The van der Waals surface area contributed by atoms with Crippen molar-refractivity contribution >= 4 is 24.0 Å². The maximum Gasteiger partial charge on any atom is 0.109 e. The number of piperazine rings is 1. The van der Waals surface area contributed by atoms with E-state index in [2.05, 4.69) is 10.2 Å². The fourth-order valence-electron chi connectivity index (χ4n) is 2.11. The fourth-order valence-corrected chi connectivity index (χ4v) is 2.30. The monoisotopic (exact) mass is 278 g/mol. The first kappa shape index (κ1) is 14.7. The number of alkyl halides is 1. The van der Waals surface area contributed by atoms with Crippen molar-refractivity contribution in [2.75, 3.05) is 32.9 Å². The van der Waals surface area contributed by atoms with Gasteiger partial charge in [-0.1, -0.05) is 23.7 Å². The van der Waals surface area contributed by atoms with E-state index < -0.39 is 0 Å². The maximum absolute atomic E-state index is 13.2. The molecule has 1 fully saturated rings. The average Bonchev–Trinajstić information content (AvgIpc) is 2.31. The van der Waals surface area contributed by atoms with Crippen LogP contribution in [0.1, 0.15) is 11.6 Å². The normalized spacial score (nSPS) is 18.5. The molecule has 0 aromatic heterocycles. The number of nitrogens with one attached hydrogen (secondary N) is 1. The van der Waals surface area contributed by atoms with E-state index in [0.717, 1.165) is 31.7 Å². The molecule has 17 heavy (non-hydrogen) atoms. The summed E-state index contributed by atoms with van der Waals surface area (Å²) in [6, 6.07) is 7.34. The Hall–Kier alpha value is -0.350. The van der Waals surface area contributed by atoms with Crippen molar-refractivity contribution in [3.63, 3.8) is 0 Å². The van der Waals surface area contributed by atoms with Crippen LogP contribution in [0.25, 0.3) is 0 Å². The molecule has 0 radical (unpaired) electrons. The molecule has 1 atom stereocenters. The van der Waals surface area contributed by atoms with Gasteiger partial charge >= 0.3 is 0 Å². The van der Waals surface area contributed by atoms with E-state index >= 15 is 0 Å². The molecule has 2 nitrogen and oxygen atoms in total. The molecule has 1 aliphatic rings. The number of nitrogens with zero attached hydrogens (tertiary/aromatic N) is 1. The van der Waals surface area contributed by atoms with Crippen LogP contribution in [0, 0.1) is 0 Å². The molecule has 0 bridgehead atoms. The molecule has 1 aromatic carbocycles. The third-order valence-corrected chi connectivity index (χ3v) is 3.21. The fraction of sp³-hybridized carbons (Fsp3) is 0.500. The molecule has 1 aliphatic heterocycles. The number of rotatable bonds is 3. The highest BCUT2D eigenvalue weighted by molar-refractivity contribution is 6.30. The first-order valence-electron chi connectivity index (χ1n) is 5.57. The molecule has 0 amide bonds. The van der Waals surface area contributed by atoms with Gasteiger partial charge in [0.1, 0.15) is 6.67 Å². The van der Waals surface area contributed by atoms with Crippen molar-refractivity contribution in [3.05, 3.63) is 34.9 Å². The minimum absolute atomic E-state index is 0. The second-order valence-corrected chi connectivity index (χ2v) is 4.45. The minimum Gasteiger partial charge on any atom is -0.314 e. The topological polar surface area (TPSA) is 15.3 Å². The molecule has 96 valence electrons. The standard InChI is InChI=1S/C12H16ClFN2.ClH/c13-11-3-1-2-10(8-11)12(9-14)16-6-4-15-5-7-16;/h1-3,8,12,15H,4-7,9H2;1H/t12-;/m0./s1. The molecule has 5 heteroatoms. The van der Waals surface area contributed by atoms with Crippen LogP contribution in [0.2, 0.25) is 5.02 Å². The van der Waals surface area contributed by atoms with Crippen LogP contribution < -0.4 is 5.32 Å². The Morgan fingerprint density at radius 3 is 2.65 bits per heavy atom. The Bertz CT molecular complexity index is 343. The van der Waals surface area contributed by atoms with Gasteiger partial charge in [0.05, 0.1) is 6.04 Å². The summed E-state index contributed by atoms with van der Waals surface area (Å²) < 4.78 is 13.2. The van der Waals surface area contributed by atoms with Crippen LogP contribution in [0.15, 0.2) is 24.3 Å². The van der Waals surface area contributed by atoms with Crippen LogP contribution in [0.3, 0.4) is 0 Å². The van der Waals surface area contributed by atoms with Gasteiger partial charge in [0.2, 0.25) is 0 Å². The first-order chi connectivity index (χ1) is 7.81. The number of hydrogen-bond acceptors (Lipinski definition) is 2. The van der Waals surface area contributed by atoms with E-state index in [1.165, 1.54) is 0 Å². The highest BCUT2D eigenvalue weighted by Crippen LogP contribution is 2.24. The lowest BCUT2D eigenvalue weighted by molar-refractivity contribution is 0.147. The Kier molecular flexibility index (Phi) is 6.20. The molecule has 0 saturated carbocycles. The third kappa shape index (κ3) is 3.81. The predicted octanol–water partition coefficient (Wildman–Crippen LogP) is 2.68. The summed E-state index contributed by atoms with van der Waals surface area (Å²) in [5, 5.41) is 3.94. The summed E-state index contributed by atoms with van der Waals surface area (Å²) in [4.78, 5) is 2.17. The van der Waals surface area contributed by atoms with Gasteiger partial charge in [-0.3, -0.25) is 4.90 Å². The zero-order valence-corrected chi connectivity index (χ0v) is 11.1. The maximum atomic E-state index is 13.2. The lowest BCUT2D eigenvalue weighted by Gasteiger charge is -2.33. The van der Waals surface area contributed by atoms with Crippen molar-refractivity contribution < 1.29 is 4.39 Å². The Balaban J connectivity index is 0.00000144. The van der Waals surface area contributed by atoms with Gasteiger partial charge in [-0.15, -0.1) is 12.4 Å². The lowest BCUT2D eigenvalue weighted by Crippen LogP contribution is -2.45. The van der Waals surface area contributed by atoms with Crippen LogP contribution in [0.5, 0.6) is 0 Å². The largest absolute Gasteiger partial charge is 0.314 e. The van der Waals surface area contributed by atoms with E-state index in [9.17, 15) is 4.39 Å². The molecule has 0 aliphatic carbocycles. The number of halogens is 3. The summed E-state index contributed by atoms with van der Waals surface area (Å²) in [7, 11) is 0. The highest BCUT2D eigenvalue weighted by Gasteiger charge is 2.21. The van der Waals surface area contributed by atoms with E-state index in [1.807, 2.05) is 24.3 Å². The molecular formula is C12H17Cl2FN2. The average molecular weight is 279 g/mol. The molecule has 0 unspecified atom stereocenters. The Labute approximate surface area is 113 Å². The summed E-state index contributed by atoms with van der Waals surface area (Å²) in [5.74, 6) is 0. The lowest BCUT2D eigenvalue weighted by atomic mass is 10.1. The Morgan fingerprint density at radius 1 is 1.35 bits per heavy atom. The Morgan fingerprint density at radius 2 is 2.06 bits per heavy atom. The third-order valence-electron chi connectivity index (χ3n) is 2.97. The molecule has 2 rings (SSSR count). The zero-order valence-electron chi connectivity index (χ0n) is 9.53. The van der Waals surface area contributed by atoms with Crippen LogP contribution in [-0.4, -0.2) is 37.8 Å². The van der Waals surface area contributed by atoms with Gasteiger partial charge in [-0.25, -0.2) is 4.39 Å². The summed E-state index contributed by atoms with van der Waals surface area (Å²) >= 11 is 5.93. The van der Waals surface area contributed by atoms with E-state index in [0.29, 0.717) is 5.02 Å². The van der Waals surface area contributed by atoms with Crippen molar-refractivity contribution in [2.24, 2.45) is 0 Å². The minimum atomic E-state index is -0.361. The smallest absolute Gasteiger partial charge is 0.109 e. The zero-order chi connectivity index (χ0) is 11.4. The van der Waals surface area contributed by atoms with E-state index in [-0.39, 0.29) is 25.1 Å². The van der Waals surface area contributed by atoms with Gasteiger partial charge in [0.15, 0.2) is 0 Å². The second kappa shape index (κ2) is 7.17. The van der Waals surface area contributed by atoms with Crippen LogP contribution >= 0.6 is 24.0 Å². The van der Waals surface area contributed by atoms with E-state index in [4.69, 9.17) is 11.6 Å². The second-order valence-electron chi connectivity index (χ2n) is 4.01. The number of benzene rings is 1. The molecule has 1 aromatic rings. The molecule has 1 saturated heterocycles. The van der Waals surface area contributed by atoms with Crippen LogP contribution in [-0.2, 0) is 0 Å². The molecular weight excluding hydrogens is 262 g/mol. The van der Waals surface area contributed by atoms with Gasteiger partial charge in [-0.05, 0) is 17.7 Å². The van der Waals surface area contributed by atoms with Crippen molar-refractivity contribution in [1.29, 1.82) is 0 Å². The van der Waals surface area contributed by atoms with Crippen molar-refractivity contribution in [3.8, 4) is 0 Å². The van der Waals surface area contributed by atoms with Gasteiger partial charge in [-0.2, -0.15) is 0 Å². The summed E-state index contributed by atoms with van der Waals surface area (Å²) in [5.41, 5.74) is 0.969. The molecule has 0 spiro atoms. The SMILES string of the molecule is Cl.FC[C@@H](c1cccc(Cl)c1)N1CCNCC1. The quantitative estimate of drug-likeness (QED) is 0.915. The summed E-state index contributed by atoms with van der Waals surface area (Å²) in [6.07, 6.45) is 0. The first-order valence-corrected chi connectivity index (χ1v) is 5.95. The van der Waals surface area contributed by atoms with E-state index in [1.54, 1.807) is 0 Å². The molecule has 1 N–H and O–H groups in total. The van der Waals surface area contributed by atoms with Crippen LogP contribution in [0.4, 0.5) is 4.39 Å². The van der Waals surface area contributed by atoms with Gasteiger partial charge in [0, 0.05) is 31.2 Å². The van der Waals surface area contributed by atoms with Gasteiger partial charge in [0.25, 0.3) is 0 Å². The molecule has 1 heterocycles.